The third-order valence-corrected chi connectivity index (χ3v) is 6.59. The summed E-state index contributed by atoms with van der Waals surface area (Å²) in [6.45, 7) is 3.75. The van der Waals surface area contributed by atoms with Gasteiger partial charge in [0.05, 0.1) is 11.0 Å². The molecule has 152 valence electrons. The Morgan fingerprint density at radius 2 is 1.43 bits per heavy atom. The maximum Gasteiger partial charge on any atom is 0.326 e. The molecule has 0 bridgehead atoms. The van der Waals surface area contributed by atoms with Gasteiger partial charge in [0.2, 0.25) is 0 Å². The van der Waals surface area contributed by atoms with Gasteiger partial charge in [0.1, 0.15) is 0 Å². The van der Waals surface area contributed by atoms with Gasteiger partial charge >= 0.3 is 5.69 Å². The lowest BCUT2D eigenvalue weighted by atomic mass is 9.72. The number of H-pyrrole nitrogens is 1. The number of likely N-dealkylation sites (tertiary alicyclic amines) is 1. The van der Waals surface area contributed by atoms with Crippen molar-refractivity contribution in [1.82, 2.24) is 14.5 Å². The number of aromatic amines is 1. The molecule has 0 atom stereocenters. The average molecular weight is 398 g/mol. The molecule has 1 aromatic heterocycles. The Bertz CT molecular complexity index is 1170. The lowest BCUT2D eigenvalue weighted by molar-refractivity contribution is 0.139. The van der Waals surface area contributed by atoms with Crippen LogP contribution in [0.2, 0.25) is 0 Å². The number of hydrogen-bond donors (Lipinski definition) is 1. The number of para-hydroxylation sites is 2. The molecule has 1 N–H and O–H groups in total. The summed E-state index contributed by atoms with van der Waals surface area (Å²) < 4.78 is 1.94. The van der Waals surface area contributed by atoms with Crippen molar-refractivity contribution in [3.8, 4) is 0 Å². The predicted molar refractivity (Wildman–Crippen MR) is 122 cm³/mol. The molecule has 5 rings (SSSR count). The van der Waals surface area contributed by atoms with Crippen LogP contribution in [-0.4, -0.2) is 27.5 Å². The molecule has 0 amide bonds. The molecule has 0 radical (unpaired) electrons. The van der Waals surface area contributed by atoms with Crippen LogP contribution in [0, 0.1) is 0 Å². The molecule has 1 saturated heterocycles. The first-order valence-corrected chi connectivity index (χ1v) is 10.7. The maximum atomic E-state index is 12.8. The van der Waals surface area contributed by atoms with Gasteiger partial charge in [-0.2, -0.15) is 0 Å². The fourth-order valence-electron chi connectivity index (χ4n) is 4.88. The van der Waals surface area contributed by atoms with Gasteiger partial charge in [0.15, 0.2) is 0 Å². The zero-order chi connectivity index (χ0) is 20.4. The SMILES string of the molecule is O=c1[nH]c2ccccc2n1CC1(c2ccccc2)CCN(Cc2ccccc2)CC1. The highest BCUT2D eigenvalue weighted by Crippen LogP contribution is 2.38. The lowest BCUT2D eigenvalue weighted by Gasteiger charge is -2.42. The molecular weight excluding hydrogens is 370 g/mol. The minimum atomic E-state index is -0.0385. The minimum absolute atomic E-state index is 0.0155. The third-order valence-electron chi connectivity index (χ3n) is 6.59. The largest absolute Gasteiger partial charge is 0.326 e. The number of hydrogen-bond acceptors (Lipinski definition) is 2. The zero-order valence-corrected chi connectivity index (χ0v) is 17.1. The van der Waals surface area contributed by atoms with Crippen molar-refractivity contribution >= 4 is 11.0 Å². The topological polar surface area (TPSA) is 41.0 Å². The van der Waals surface area contributed by atoms with E-state index in [4.69, 9.17) is 0 Å². The average Bonchev–Trinajstić information content (AvgIpc) is 3.11. The number of imidazole rings is 1. The van der Waals surface area contributed by atoms with E-state index >= 15 is 0 Å². The van der Waals surface area contributed by atoms with Gasteiger partial charge in [-0.25, -0.2) is 4.79 Å². The van der Waals surface area contributed by atoms with Crippen LogP contribution in [0.1, 0.15) is 24.0 Å². The van der Waals surface area contributed by atoms with Crippen molar-refractivity contribution in [2.75, 3.05) is 13.1 Å². The second-order valence-electron chi connectivity index (χ2n) is 8.44. The first-order valence-electron chi connectivity index (χ1n) is 10.7. The molecule has 1 fully saturated rings. The number of nitrogens with one attached hydrogen (secondary N) is 1. The van der Waals surface area contributed by atoms with Crippen molar-refractivity contribution in [2.45, 2.75) is 31.3 Å². The van der Waals surface area contributed by atoms with E-state index in [2.05, 4.69) is 70.5 Å². The fourth-order valence-corrected chi connectivity index (χ4v) is 4.88. The van der Waals surface area contributed by atoms with E-state index in [1.165, 1.54) is 11.1 Å². The van der Waals surface area contributed by atoms with Gasteiger partial charge in [-0.05, 0) is 49.2 Å². The van der Waals surface area contributed by atoms with Crippen LogP contribution in [0.25, 0.3) is 11.0 Å². The number of piperidine rings is 1. The van der Waals surface area contributed by atoms with Crippen LogP contribution in [0.15, 0.2) is 89.7 Å². The van der Waals surface area contributed by atoms with E-state index < -0.39 is 0 Å². The number of nitrogens with zero attached hydrogens (tertiary/aromatic N) is 2. The van der Waals surface area contributed by atoms with Gasteiger partial charge in [0, 0.05) is 18.5 Å². The number of aromatic nitrogens is 2. The summed E-state index contributed by atoms with van der Waals surface area (Å²) in [5.41, 5.74) is 4.54. The highest BCUT2D eigenvalue weighted by molar-refractivity contribution is 5.74. The van der Waals surface area contributed by atoms with Gasteiger partial charge < -0.3 is 4.98 Å². The standard InChI is InChI=1S/C26H27N3O/c30-25-27-23-13-7-8-14-24(23)29(25)20-26(22-11-5-2-6-12-22)15-17-28(18-16-26)19-21-9-3-1-4-10-21/h1-14H,15-20H2,(H,27,30). The van der Waals surface area contributed by atoms with Crippen molar-refractivity contribution in [1.29, 1.82) is 0 Å². The summed E-state index contributed by atoms with van der Waals surface area (Å²) in [4.78, 5) is 18.3. The Labute approximate surface area is 176 Å². The summed E-state index contributed by atoms with van der Waals surface area (Å²) in [6, 6.07) is 29.4. The highest BCUT2D eigenvalue weighted by Gasteiger charge is 2.37. The summed E-state index contributed by atoms with van der Waals surface area (Å²) in [6.07, 6.45) is 2.07. The molecule has 2 heterocycles. The number of benzene rings is 3. The van der Waals surface area contributed by atoms with Gasteiger partial charge in [-0.1, -0.05) is 72.8 Å². The zero-order valence-electron chi connectivity index (χ0n) is 17.1. The van der Waals surface area contributed by atoms with Crippen molar-refractivity contribution in [2.24, 2.45) is 0 Å². The van der Waals surface area contributed by atoms with Crippen molar-refractivity contribution in [3.05, 3.63) is 107 Å². The number of fused-ring (bicyclic) bond motifs is 1. The molecule has 0 aliphatic carbocycles. The molecule has 3 aromatic carbocycles. The second kappa shape index (κ2) is 7.96. The van der Waals surface area contributed by atoms with Crippen molar-refractivity contribution < 1.29 is 0 Å². The molecule has 4 aromatic rings. The van der Waals surface area contributed by atoms with Crippen LogP contribution in [0.4, 0.5) is 0 Å². The number of rotatable bonds is 5. The van der Waals surface area contributed by atoms with Crippen LogP contribution in [-0.2, 0) is 18.5 Å². The maximum absolute atomic E-state index is 12.8. The van der Waals surface area contributed by atoms with E-state index in [0.29, 0.717) is 6.54 Å². The Morgan fingerprint density at radius 3 is 2.17 bits per heavy atom. The van der Waals surface area contributed by atoms with E-state index in [1.807, 2.05) is 28.8 Å². The molecule has 0 spiro atoms. The molecule has 4 nitrogen and oxygen atoms in total. The first kappa shape index (κ1) is 18.9. The fraction of sp³-hybridized carbons (Fsp3) is 0.269. The van der Waals surface area contributed by atoms with E-state index in [-0.39, 0.29) is 11.1 Å². The second-order valence-corrected chi connectivity index (χ2v) is 8.44. The molecular formula is C26H27N3O. The lowest BCUT2D eigenvalue weighted by Crippen LogP contribution is -2.45. The quantitative estimate of drug-likeness (QED) is 0.536. The van der Waals surface area contributed by atoms with E-state index in [1.54, 1.807) is 0 Å². The summed E-state index contributed by atoms with van der Waals surface area (Å²) in [7, 11) is 0. The van der Waals surface area contributed by atoms with Gasteiger partial charge in [-0.15, -0.1) is 0 Å². The van der Waals surface area contributed by atoms with Crippen molar-refractivity contribution in [3.63, 3.8) is 0 Å². The smallest absolute Gasteiger partial charge is 0.306 e. The normalized spacial score (nSPS) is 16.7. The Balaban J connectivity index is 1.45. The Hall–Kier alpha value is -3.11. The molecule has 30 heavy (non-hydrogen) atoms. The summed E-state index contributed by atoms with van der Waals surface area (Å²) in [5, 5.41) is 0. The molecule has 0 saturated carbocycles. The van der Waals surface area contributed by atoms with Crippen LogP contribution in [0.5, 0.6) is 0 Å². The summed E-state index contributed by atoms with van der Waals surface area (Å²) in [5.74, 6) is 0. The van der Waals surface area contributed by atoms with E-state index in [0.717, 1.165) is 43.5 Å². The Kier molecular flexibility index (Phi) is 5.01. The van der Waals surface area contributed by atoms with Crippen LogP contribution < -0.4 is 5.69 Å². The van der Waals surface area contributed by atoms with Gasteiger partial charge in [0.25, 0.3) is 0 Å². The van der Waals surface area contributed by atoms with E-state index in [9.17, 15) is 4.79 Å². The molecule has 4 heteroatoms. The Morgan fingerprint density at radius 1 is 0.800 bits per heavy atom. The highest BCUT2D eigenvalue weighted by atomic mass is 16.1. The molecule has 1 aliphatic rings. The minimum Gasteiger partial charge on any atom is -0.306 e. The van der Waals surface area contributed by atoms with Gasteiger partial charge in [-0.3, -0.25) is 9.47 Å². The predicted octanol–water partition coefficient (Wildman–Crippen LogP) is 4.56. The molecule has 1 aliphatic heterocycles. The molecule has 0 unspecified atom stereocenters. The van der Waals surface area contributed by atoms with Crippen LogP contribution >= 0.6 is 0 Å². The monoisotopic (exact) mass is 397 g/mol. The van der Waals surface area contributed by atoms with Crippen LogP contribution in [0.3, 0.4) is 0 Å². The third kappa shape index (κ3) is 3.59. The first-order chi connectivity index (χ1) is 14.7. The summed E-state index contributed by atoms with van der Waals surface area (Å²) >= 11 is 0.